The number of hydrogen-bond acceptors (Lipinski definition) is 3. The van der Waals surface area contributed by atoms with E-state index in [1.807, 2.05) is 31.3 Å². The van der Waals surface area contributed by atoms with Gasteiger partial charge in [-0.1, -0.05) is 18.2 Å². The zero-order valence-corrected chi connectivity index (χ0v) is 11.3. The first-order valence-electron chi connectivity index (χ1n) is 6.70. The maximum Gasteiger partial charge on any atom is 0.119 e. The lowest BCUT2D eigenvalue weighted by atomic mass is 10.2. The van der Waals surface area contributed by atoms with Crippen molar-refractivity contribution in [2.24, 2.45) is 0 Å². The van der Waals surface area contributed by atoms with Crippen molar-refractivity contribution < 1.29 is 4.74 Å². The molecule has 0 aliphatic heterocycles. The molecule has 100 valence electrons. The predicted octanol–water partition coefficient (Wildman–Crippen LogP) is 2.81. The molecule has 19 heavy (non-hydrogen) atoms. The summed E-state index contributed by atoms with van der Waals surface area (Å²) in [5, 5.41) is 3.44. The highest BCUT2D eigenvalue weighted by Crippen LogP contribution is 2.12. The first-order chi connectivity index (χ1) is 9.38. The molecule has 0 saturated heterocycles. The average molecular weight is 256 g/mol. The summed E-state index contributed by atoms with van der Waals surface area (Å²) in [6, 6.07) is 12.3. The van der Waals surface area contributed by atoms with Crippen LogP contribution in [-0.2, 0) is 13.0 Å². The highest BCUT2D eigenvalue weighted by molar-refractivity contribution is 5.28. The predicted molar refractivity (Wildman–Crippen MR) is 77.3 cm³/mol. The molecule has 0 radical (unpaired) electrons. The van der Waals surface area contributed by atoms with Crippen molar-refractivity contribution in [1.29, 1.82) is 0 Å². The Kier molecular flexibility index (Phi) is 5.38. The van der Waals surface area contributed by atoms with Crippen LogP contribution in [0.4, 0.5) is 0 Å². The molecule has 0 amide bonds. The van der Waals surface area contributed by atoms with Crippen LogP contribution in [0.2, 0.25) is 0 Å². The van der Waals surface area contributed by atoms with Gasteiger partial charge in [0.2, 0.25) is 0 Å². The van der Waals surface area contributed by atoms with Gasteiger partial charge < -0.3 is 10.1 Å². The van der Waals surface area contributed by atoms with Crippen LogP contribution in [0.5, 0.6) is 5.75 Å². The Morgan fingerprint density at radius 3 is 2.84 bits per heavy atom. The van der Waals surface area contributed by atoms with Gasteiger partial charge in [-0.3, -0.25) is 4.98 Å². The molecule has 0 aliphatic carbocycles. The van der Waals surface area contributed by atoms with Gasteiger partial charge in [0.25, 0.3) is 0 Å². The minimum atomic E-state index is 0.706. The van der Waals surface area contributed by atoms with E-state index in [2.05, 4.69) is 28.5 Å². The molecule has 2 aromatic rings. The number of benzene rings is 1. The van der Waals surface area contributed by atoms with Crippen molar-refractivity contribution in [2.45, 2.75) is 19.9 Å². The first-order valence-corrected chi connectivity index (χ1v) is 6.70. The van der Waals surface area contributed by atoms with E-state index in [-0.39, 0.29) is 0 Å². The number of pyridine rings is 1. The van der Waals surface area contributed by atoms with Crippen LogP contribution in [0.3, 0.4) is 0 Å². The molecular formula is C16H20N2O. The molecule has 0 spiro atoms. The van der Waals surface area contributed by atoms with E-state index in [0.717, 1.165) is 25.3 Å². The molecule has 0 atom stereocenters. The smallest absolute Gasteiger partial charge is 0.119 e. The molecular weight excluding hydrogens is 236 g/mol. The van der Waals surface area contributed by atoms with E-state index >= 15 is 0 Å². The standard InChI is InChI=1S/C16H20N2O/c1-2-19-16-7-3-5-15(11-16)13-18-10-8-14-6-4-9-17-12-14/h3-7,9,11-12,18H,2,8,10,13H2,1H3. The van der Waals surface area contributed by atoms with Crippen molar-refractivity contribution >= 4 is 0 Å². The Morgan fingerprint density at radius 1 is 1.16 bits per heavy atom. The van der Waals surface area contributed by atoms with Crippen molar-refractivity contribution in [2.75, 3.05) is 13.2 Å². The summed E-state index contributed by atoms with van der Waals surface area (Å²) in [6.45, 7) is 4.52. The number of rotatable bonds is 7. The second kappa shape index (κ2) is 7.54. The van der Waals surface area contributed by atoms with Gasteiger partial charge >= 0.3 is 0 Å². The van der Waals surface area contributed by atoms with Crippen LogP contribution in [0.1, 0.15) is 18.1 Å². The topological polar surface area (TPSA) is 34.1 Å². The highest BCUT2D eigenvalue weighted by atomic mass is 16.5. The van der Waals surface area contributed by atoms with E-state index < -0.39 is 0 Å². The number of aromatic nitrogens is 1. The Balaban J connectivity index is 1.75. The largest absolute Gasteiger partial charge is 0.494 e. The van der Waals surface area contributed by atoms with E-state index in [9.17, 15) is 0 Å². The molecule has 2 rings (SSSR count). The van der Waals surface area contributed by atoms with Gasteiger partial charge in [-0.25, -0.2) is 0 Å². The first kappa shape index (κ1) is 13.6. The normalized spacial score (nSPS) is 10.4. The maximum absolute atomic E-state index is 5.49. The van der Waals surface area contributed by atoms with Crippen LogP contribution >= 0.6 is 0 Å². The fourth-order valence-corrected chi connectivity index (χ4v) is 1.92. The zero-order chi connectivity index (χ0) is 13.3. The molecule has 1 aromatic carbocycles. The van der Waals surface area contributed by atoms with Crippen LogP contribution in [-0.4, -0.2) is 18.1 Å². The van der Waals surface area contributed by atoms with Gasteiger partial charge in [0.05, 0.1) is 6.61 Å². The van der Waals surface area contributed by atoms with Gasteiger partial charge in [-0.05, 0) is 49.2 Å². The lowest BCUT2D eigenvalue weighted by Gasteiger charge is -2.07. The third kappa shape index (κ3) is 4.72. The van der Waals surface area contributed by atoms with Crippen molar-refractivity contribution in [1.82, 2.24) is 10.3 Å². The van der Waals surface area contributed by atoms with Gasteiger partial charge in [0.1, 0.15) is 5.75 Å². The molecule has 3 heteroatoms. The zero-order valence-electron chi connectivity index (χ0n) is 11.3. The number of hydrogen-bond donors (Lipinski definition) is 1. The Morgan fingerprint density at radius 2 is 2.05 bits per heavy atom. The van der Waals surface area contributed by atoms with E-state index in [0.29, 0.717) is 6.61 Å². The summed E-state index contributed by atoms with van der Waals surface area (Å²) < 4.78 is 5.49. The minimum absolute atomic E-state index is 0.706. The summed E-state index contributed by atoms with van der Waals surface area (Å²) >= 11 is 0. The van der Waals surface area contributed by atoms with Crippen LogP contribution in [0.25, 0.3) is 0 Å². The molecule has 0 saturated carbocycles. The lowest BCUT2D eigenvalue weighted by Crippen LogP contribution is -2.16. The summed E-state index contributed by atoms with van der Waals surface area (Å²) in [7, 11) is 0. The molecule has 0 unspecified atom stereocenters. The average Bonchev–Trinajstić information content (AvgIpc) is 2.46. The Bertz CT molecular complexity index is 485. The van der Waals surface area contributed by atoms with Crippen LogP contribution in [0.15, 0.2) is 48.8 Å². The van der Waals surface area contributed by atoms with Gasteiger partial charge in [0.15, 0.2) is 0 Å². The number of nitrogens with one attached hydrogen (secondary N) is 1. The van der Waals surface area contributed by atoms with Crippen LogP contribution < -0.4 is 10.1 Å². The minimum Gasteiger partial charge on any atom is -0.494 e. The molecule has 3 nitrogen and oxygen atoms in total. The monoisotopic (exact) mass is 256 g/mol. The lowest BCUT2D eigenvalue weighted by molar-refractivity contribution is 0.340. The molecule has 0 aliphatic rings. The molecule has 1 aromatic heterocycles. The number of nitrogens with zero attached hydrogens (tertiary/aromatic N) is 1. The quantitative estimate of drug-likeness (QED) is 0.773. The van der Waals surface area contributed by atoms with E-state index in [1.165, 1.54) is 11.1 Å². The fourth-order valence-electron chi connectivity index (χ4n) is 1.92. The summed E-state index contributed by atoms with van der Waals surface area (Å²) in [4.78, 5) is 4.11. The van der Waals surface area contributed by atoms with Gasteiger partial charge in [0, 0.05) is 18.9 Å². The molecule has 0 bridgehead atoms. The molecule has 1 N–H and O–H groups in total. The van der Waals surface area contributed by atoms with E-state index in [4.69, 9.17) is 4.74 Å². The molecule has 0 fully saturated rings. The van der Waals surface area contributed by atoms with Gasteiger partial charge in [-0.15, -0.1) is 0 Å². The second-order valence-corrected chi connectivity index (χ2v) is 4.37. The number of ether oxygens (including phenoxy) is 1. The third-order valence-corrected chi connectivity index (χ3v) is 2.85. The van der Waals surface area contributed by atoms with Crippen LogP contribution in [0, 0.1) is 0 Å². The SMILES string of the molecule is CCOc1cccc(CNCCc2cccnc2)c1. The fraction of sp³-hybridized carbons (Fsp3) is 0.312. The second-order valence-electron chi connectivity index (χ2n) is 4.37. The maximum atomic E-state index is 5.49. The van der Waals surface area contributed by atoms with Gasteiger partial charge in [-0.2, -0.15) is 0 Å². The summed E-state index contributed by atoms with van der Waals surface area (Å²) in [6.07, 6.45) is 4.71. The van der Waals surface area contributed by atoms with Crippen molar-refractivity contribution in [3.8, 4) is 5.75 Å². The van der Waals surface area contributed by atoms with Crippen molar-refractivity contribution in [3.63, 3.8) is 0 Å². The summed E-state index contributed by atoms with van der Waals surface area (Å²) in [5.74, 6) is 0.939. The molecule has 1 heterocycles. The Hall–Kier alpha value is -1.87. The highest BCUT2D eigenvalue weighted by Gasteiger charge is 1.97. The van der Waals surface area contributed by atoms with Crippen molar-refractivity contribution in [3.05, 3.63) is 59.9 Å². The van der Waals surface area contributed by atoms with E-state index in [1.54, 1.807) is 6.20 Å². The third-order valence-electron chi connectivity index (χ3n) is 2.85. The Labute approximate surface area is 114 Å². The summed E-state index contributed by atoms with van der Waals surface area (Å²) in [5.41, 5.74) is 2.51.